The number of rotatable bonds is 8. The fourth-order valence-corrected chi connectivity index (χ4v) is 3.86. The van der Waals surface area contributed by atoms with E-state index in [9.17, 15) is 4.79 Å². The van der Waals surface area contributed by atoms with Crippen molar-refractivity contribution in [3.63, 3.8) is 0 Å². The summed E-state index contributed by atoms with van der Waals surface area (Å²) < 4.78 is 8.12. The fraction of sp³-hybridized carbons (Fsp3) is 0.231. The number of nitrogens with one attached hydrogen (secondary N) is 1. The maximum atomic E-state index is 12.5. The quantitative estimate of drug-likeness (QED) is 0.395. The van der Waals surface area contributed by atoms with E-state index in [0.29, 0.717) is 31.7 Å². The van der Waals surface area contributed by atoms with Crippen molar-refractivity contribution in [3.8, 4) is 5.75 Å². The molecule has 4 rings (SSSR count). The summed E-state index contributed by atoms with van der Waals surface area (Å²) in [5.41, 5.74) is 4.65. The topological polar surface area (TPSA) is 56.1 Å². The van der Waals surface area contributed by atoms with Crippen molar-refractivity contribution in [3.05, 3.63) is 94.3 Å². The Kier molecular flexibility index (Phi) is 6.76. The minimum Gasteiger partial charge on any atom is -0.492 e. The molecule has 0 fully saturated rings. The highest BCUT2D eigenvalue weighted by molar-refractivity contribution is 6.31. The zero-order valence-corrected chi connectivity index (χ0v) is 19.0. The first-order valence-corrected chi connectivity index (χ1v) is 11.1. The first-order chi connectivity index (χ1) is 15.5. The average Bonchev–Trinajstić information content (AvgIpc) is 3.14. The summed E-state index contributed by atoms with van der Waals surface area (Å²) in [4.78, 5) is 17.3. The molecule has 1 heterocycles. The van der Waals surface area contributed by atoms with Crippen molar-refractivity contribution in [2.75, 3.05) is 13.2 Å². The Bertz CT molecular complexity index is 1250. The van der Waals surface area contributed by atoms with Gasteiger partial charge in [0.05, 0.1) is 17.6 Å². The van der Waals surface area contributed by atoms with Crippen LogP contribution >= 0.6 is 11.6 Å². The highest BCUT2D eigenvalue weighted by atomic mass is 35.5. The van der Waals surface area contributed by atoms with Crippen LogP contribution < -0.4 is 10.1 Å². The smallest absolute Gasteiger partial charge is 0.251 e. The minimum atomic E-state index is -0.0628. The van der Waals surface area contributed by atoms with Crippen molar-refractivity contribution in [2.24, 2.45) is 0 Å². The molecule has 0 unspecified atom stereocenters. The standard InChI is InChI=1S/C26H26ClN3O2/c1-18-7-3-4-8-21(18)26(31)28-14-13-25-29-23-9-5-6-10-24(23)30(25)15-16-32-20-11-12-22(27)19(2)17-20/h3-12,17H,13-16H2,1-2H3,(H,28,31). The first-order valence-electron chi connectivity index (χ1n) is 10.7. The second-order valence-corrected chi connectivity index (χ2v) is 8.16. The third kappa shape index (κ3) is 4.94. The van der Waals surface area contributed by atoms with Crippen LogP contribution in [0.2, 0.25) is 5.02 Å². The molecule has 0 aliphatic heterocycles. The third-order valence-corrected chi connectivity index (χ3v) is 5.89. The lowest BCUT2D eigenvalue weighted by molar-refractivity contribution is 0.0953. The van der Waals surface area contributed by atoms with Crippen LogP contribution in [0.4, 0.5) is 0 Å². The molecule has 0 aliphatic carbocycles. The zero-order valence-electron chi connectivity index (χ0n) is 18.3. The van der Waals surface area contributed by atoms with Gasteiger partial charge in [-0.3, -0.25) is 4.79 Å². The molecule has 1 aromatic heterocycles. The first kappa shape index (κ1) is 21.9. The maximum absolute atomic E-state index is 12.5. The van der Waals surface area contributed by atoms with Crippen LogP contribution in [-0.4, -0.2) is 28.6 Å². The normalized spacial score (nSPS) is 11.0. The molecule has 0 spiro atoms. The fourth-order valence-electron chi connectivity index (χ4n) is 3.74. The van der Waals surface area contributed by atoms with Crippen LogP contribution in [0.1, 0.15) is 27.3 Å². The summed E-state index contributed by atoms with van der Waals surface area (Å²) in [5.74, 6) is 1.66. The van der Waals surface area contributed by atoms with Crippen molar-refractivity contribution in [1.82, 2.24) is 14.9 Å². The van der Waals surface area contributed by atoms with Gasteiger partial charge < -0.3 is 14.6 Å². The minimum absolute atomic E-state index is 0.0628. The molecule has 0 saturated heterocycles. The lowest BCUT2D eigenvalue weighted by atomic mass is 10.1. The molecule has 0 saturated carbocycles. The number of nitrogens with zero attached hydrogens (tertiary/aromatic N) is 2. The van der Waals surface area contributed by atoms with E-state index >= 15 is 0 Å². The molecule has 0 radical (unpaired) electrons. The molecule has 164 valence electrons. The number of ether oxygens (including phenoxy) is 1. The summed E-state index contributed by atoms with van der Waals surface area (Å²) in [6.07, 6.45) is 0.631. The van der Waals surface area contributed by atoms with Gasteiger partial charge in [-0.1, -0.05) is 41.9 Å². The summed E-state index contributed by atoms with van der Waals surface area (Å²) in [7, 11) is 0. The molecule has 5 nitrogen and oxygen atoms in total. The number of benzene rings is 3. The van der Waals surface area contributed by atoms with Crippen molar-refractivity contribution < 1.29 is 9.53 Å². The van der Waals surface area contributed by atoms with Crippen LogP contribution in [0.25, 0.3) is 11.0 Å². The highest BCUT2D eigenvalue weighted by Gasteiger charge is 2.12. The second kappa shape index (κ2) is 9.88. The van der Waals surface area contributed by atoms with Crippen molar-refractivity contribution in [1.29, 1.82) is 0 Å². The van der Waals surface area contributed by atoms with E-state index in [4.69, 9.17) is 21.3 Å². The molecule has 6 heteroatoms. The Morgan fingerprint density at radius 1 is 1.03 bits per heavy atom. The van der Waals surface area contributed by atoms with Crippen LogP contribution in [0.5, 0.6) is 5.75 Å². The number of hydrogen-bond donors (Lipinski definition) is 1. The Morgan fingerprint density at radius 3 is 2.62 bits per heavy atom. The summed E-state index contributed by atoms with van der Waals surface area (Å²) in [6, 6.07) is 21.3. The number of hydrogen-bond acceptors (Lipinski definition) is 3. The van der Waals surface area contributed by atoms with Crippen LogP contribution in [0.15, 0.2) is 66.7 Å². The van der Waals surface area contributed by atoms with Gasteiger partial charge in [-0.25, -0.2) is 4.98 Å². The van der Waals surface area contributed by atoms with Gasteiger partial charge in [-0.2, -0.15) is 0 Å². The summed E-state index contributed by atoms with van der Waals surface area (Å²) in [5, 5.41) is 3.75. The number of amides is 1. The van der Waals surface area contributed by atoms with Gasteiger partial charge in [-0.15, -0.1) is 0 Å². The molecular formula is C26H26ClN3O2. The molecule has 4 aromatic rings. The van der Waals surface area contributed by atoms with Crippen LogP contribution in [0, 0.1) is 13.8 Å². The average molecular weight is 448 g/mol. The summed E-state index contributed by atoms with van der Waals surface area (Å²) >= 11 is 6.10. The van der Waals surface area contributed by atoms with Gasteiger partial charge in [-0.05, 0) is 61.4 Å². The number of aryl methyl sites for hydroxylation is 2. The molecule has 0 atom stereocenters. The Labute approximate surface area is 193 Å². The Balaban J connectivity index is 1.43. The number of para-hydroxylation sites is 2. The lowest BCUT2D eigenvalue weighted by Crippen LogP contribution is -2.27. The number of halogens is 1. The molecular weight excluding hydrogens is 422 g/mol. The van der Waals surface area contributed by atoms with E-state index in [1.807, 2.05) is 74.5 Å². The van der Waals surface area contributed by atoms with Crippen LogP contribution in [-0.2, 0) is 13.0 Å². The van der Waals surface area contributed by atoms with E-state index in [1.54, 1.807) is 0 Å². The summed E-state index contributed by atoms with van der Waals surface area (Å²) in [6.45, 7) is 5.57. The number of imidazole rings is 1. The van der Waals surface area contributed by atoms with E-state index in [1.165, 1.54) is 0 Å². The predicted octanol–water partition coefficient (Wildman–Crippen LogP) is 5.36. The van der Waals surface area contributed by atoms with Gasteiger partial charge in [0, 0.05) is 23.6 Å². The number of carbonyl (C=O) groups is 1. The van der Waals surface area contributed by atoms with Gasteiger partial charge >= 0.3 is 0 Å². The van der Waals surface area contributed by atoms with Gasteiger partial charge in [0.2, 0.25) is 0 Å². The van der Waals surface area contributed by atoms with Crippen molar-refractivity contribution >= 4 is 28.5 Å². The van der Waals surface area contributed by atoms with Gasteiger partial charge in [0.15, 0.2) is 0 Å². The Morgan fingerprint density at radius 2 is 1.81 bits per heavy atom. The van der Waals surface area contributed by atoms with Gasteiger partial charge in [0.1, 0.15) is 18.2 Å². The monoisotopic (exact) mass is 447 g/mol. The molecule has 1 amide bonds. The van der Waals surface area contributed by atoms with E-state index in [0.717, 1.165) is 38.8 Å². The molecule has 0 aliphatic rings. The van der Waals surface area contributed by atoms with E-state index in [-0.39, 0.29) is 5.91 Å². The number of aromatic nitrogens is 2. The van der Waals surface area contributed by atoms with Crippen LogP contribution in [0.3, 0.4) is 0 Å². The zero-order chi connectivity index (χ0) is 22.5. The number of carbonyl (C=O) groups excluding carboxylic acids is 1. The van der Waals surface area contributed by atoms with E-state index < -0.39 is 0 Å². The van der Waals surface area contributed by atoms with Gasteiger partial charge in [0.25, 0.3) is 5.91 Å². The lowest BCUT2D eigenvalue weighted by Gasteiger charge is -2.12. The Hall–Kier alpha value is -3.31. The molecule has 3 aromatic carbocycles. The highest BCUT2D eigenvalue weighted by Crippen LogP contribution is 2.22. The molecule has 32 heavy (non-hydrogen) atoms. The molecule has 0 bridgehead atoms. The third-order valence-electron chi connectivity index (χ3n) is 5.47. The second-order valence-electron chi connectivity index (χ2n) is 7.75. The largest absolute Gasteiger partial charge is 0.492 e. The number of fused-ring (bicyclic) bond motifs is 1. The van der Waals surface area contributed by atoms with Crippen molar-refractivity contribution in [2.45, 2.75) is 26.8 Å². The van der Waals surface area contributed by atoms with E-state index in [2.05, 4.69) is 16.0 Å². The molecule has 1 N–H and O–H groups in total. The SMILES string of the molecule is Cc1cc(OCCn2c(CCNC(=O)c3ccccc3C)nc3ccccc32)ccc1Cl. The maximum Gasteiger partial charge on any atom is 0.251 e. The predicted molar refractivity (Wildman–Crippen MR) is 129 cm³/mol.